The van der Waals surface area contributed by atoms with Crippen LogP contribution in [0.4, 0.5) is 0 Å². The normalized spacial score (nSPS) is 10.8. The van der Waals surface area contributed by atoms with Crippen LogP contribution in [0.5, 0.6) is 0 Å². The molecule has 0 saturated carbocycles. The predicted octanol–water partition coefficient (Wildman–Crippen LogP) is 0.833. The van der Waals surface area contributed by atoms with Gasteiger partial charge < -0.3 is 0 Å². The Labute approximate surface area is 113 Å². The van der Waals surface area contributed by atoms with Gasteiger partial charge in [0.2, 0.25) is 5.65 Å². The summed E-state index contributed by atoms with van der Waals surface area (Å²) in [4.78, 5) is 24.4. The van der Waals surface area contributed by atoms with E-state index < -0.39 is 0 Å². The molecule has 0 N–H and O–H groups in total. The average molecular weight is 268 g/mol. The zero-order valence-corrected chi connectivity index (χ0v) is 10.6. The van der Waals surface area contributed by atoms with Gasteiger partial charge in [-0.15, -0.1) is 11.7 Å². The summed E-state index contributed by atoms with van der Waals surface area (Å²) in [7, 11) is 0. The topological polar surface area (TPSA) is 61.3 Å². The van der Waals surface area contributed by atoms with Crippen molar-refractivity contribution in [2.75, 3.05) is 0 Å². The number of benzene rings is 1. The van der Waals surface area contributed by atoms with Crippen molar-refractivity contribution in [2.24, 2.45) is 0 Å². The number of allylic oxidation sites excluding steroid dienone is 1. The molecule has 2 aromatic heterocycles. The maximum Gasteiger partial charge on any atom is 0.350 e. The fourth-order valence-electron chi connectivity index (χ4n) is 2.04. The molecule has 0 unspecified atom stereocenters. The van der Waals surface area contributed by atoms with E-state index in [-0.39, 0.29) is 23.4 Å². The van der Waals surface area contributed by atoms with Crippen LogP contribution in [0.2, 0.25) is 0 Å². The van der Waals surface area contributed by atoms with E-state index in [0.29, 0.717) is 0 Å². The van der Waals surface area contributed by atoms with Crippen molar-refractivity contribution >= 4 is 5.65 Å². The maximum atomic E-state index is 12.4. The molecule has 2 heterocycles. The molecule has 3 aromatic rings. The van der Waals surface area contributed by atoms with Gasteiger partial charge in [-0.1, -0.05) is 24.3 Å². The van der Waals surface area contributed by atoms with Crippen molar-refractivity contribution in [3.05, 3.63) is 76.2 Å². The molecule has 1 aromatic carbocycles. The second-order valence-corrected chi connectivity index (χ2v) is 4.26. The van der Waals surface area contributed by atoms with E-state index in [1.807, 2.05) is 30.3 Å². The number of nitrogens with zero attached hydrogens (tertiary/aromatic N) is 4. The van der Waals surface area contributed by atoms with Crippen LogP contribution in [-0.4, -0.2) is 18.7 Å². The van der Waals surface area contributed by atoms with E-state index in [9.17, 15) is 9.59 Å². The van der Waals surface area contributed by atoms with Crippen molar-refractivity contribution < 1.29 is 0 Å². The van der Waals surface area contributed by atoms with E-state index in [1.165, 1.54) is 13.6 Å². The minimum atomic E-state index is -0.350. The largest absolute Gasteiger partial charge is 0.350 e. The summed E-state index contributed by atoms with van der Waals surface area (Å²) in [5, 5.41) is 4.05. The fourth-order valence-corrected chi connectivity index (χ4v) is 2.04. The van der Waals surface area contributed by atoms with Crippen LogP contribution in [0.25, 0.3) is 11.3 Å². The number of rotatable bonds is 3. The molecule has 0 aliphatic carbocycles. The first-order valence-electron chi connectivity index (χ1n) is 6.09. The molecule has 0 aliphatic heterocycles. The van der Waals surface area contributed by atoms with E-state index >= 15 is 0 Å². The lowest BCUT2D eigenvalue weighted by atomic mass is 10.3. The first kappa shape index (κ1) is 12.2. The zero-order chi connectivity index (χ0) is 14.1. The van der Waals surface area contributed by atoms with Crippen molar-refractivity contribution in [1.29, 1.82) is 0 Å². The molecule has 3 rings (SSSR count). The maximum absolute atomic E-state index is 12.4. The summed E-state index contributed by atoms with van der Waals surface area (Å²) in [6.45, 7) is 3.83. The Balaban J connectivity index is 2.29. The smallest absolute Gasteiger partial charge is 0.280 e. The lowest BCUT2D eigenvalue weighted by Crippen LogP contribution is -2.23. The zero-order valence-electron chi connectivity index (χ0n) is 10.6. The highest BCUT2D eigenvalue weighted by molar-refractivity contribution is 5.39. The van der Waals surface area contributed by atoms with Gasteiger partial charge in [0, 0.05) is 18.1 Å². The third kappa shape index (κ3) is 1.78. The lowest BCUT2D eigenvalue weighted by Gasteiger charge is -2.04. The molecule has 0 atom stereocenters. The molecule has 0 bridgehead atoms. The quantitative estimate of drug-likeness (QED) is 0.661. The van der Waals surface area contributed by atoms with E-state index in [1.54, 1.807) is 18.5 Å². The minimum Gasteiger partial charge on any atom is -0.280 e. The summed E-state index contributed by atoms with van der Waals surface area (Å²) < 4.78 is 3.91. The summed E-state index contributed by atoms with van der Waals surface area (Å²) in [5.74, 6) is 0. The van der Waals surface area contributed by atoms with Crippen LogP contribution in [0.3, 0.4) is 0 Å². The van der Waals surface area contributed by atoms with Gasteiger partial charge in [0.15, 0.2) is 0 Å². The predicted molar refractivity (Wildman–Crippen MR) is 75.2 cm³/mol. The van der Waals surface area contributed by atoms with Crippen LogP contribution < -0.4 is 11.2 Å². The van der Waals surface area contributed by atoms with Crippen molar-refractivity contribution in [1.82, 2.24) is 18.7 Å². The first-order chi connectivity index (χ1) is 9.72. The molecular weight excluding hydrogens is 256 g/mol. The Morgan fingerprint density at radius 3 is 2.60 bits per heavy atom. The summed E-state index contributed by atoms with van der Waals surface area (Å²) >= 11 is 0. The van der Waals surface area contributed by atoms with Crippen LogP contribution >= 0.6 is 0 Å². The lowest BCUT2D eigenvalue weighted by molar-refractivity contribution is 0.673. The van der Waals surface area contributed by atoms with E-state index in [4.69, 9.17) is 0 Å². The standard InChI is InChI=1S/C14H12N4O2/c1-2-8-18-14(20)17-10-9-16(13(19)12(17)15-18)11-6-4-3-5-7-11/h2-7,9-10H,1,8H2. The van der Waals surface area contributed by atoms with Crippen LogP contribution in [0, 0.1) is 0 Å². The number of aromatic nitrogens is 4. The van der Waals surface area contributed by atoms with Crippen molar-refractivity contribution in [3.8, 4) is 5.69 Å². The highest BCUT2D eigenvalue weighted by atomic mass is 16.2. The Hall–Kier alpha value is -2.89. The van der Waals surface area contributed by atoms with Gasteiger partial charge in [0.25, 0.3) is 0 Å². The molecule has 100 valence electrons. The minimum absolute atomic E-state index is 0.100. The number of fused-ring (bicyclic) bond motifs is 1. The summed E-state index contributed by atoms with van der Waals surface area (Å²) in [5.41, 5.74) is 0.143. The number of hydrogen-bond acceptors (Lipinski definition) is 3. The van der Waals surface area contributed by atoms with Gasteiger partial charge in [-0.05, 0) is 12.1 Å². The van der Waals surface area contributed by atoms with Crippen LogP contribution in [-0.2, 0) is 6.54 Å². The highest BCUT2D eigenvalue weighted by Crippen LogP contribution is 2.03. The third-order valence-electron chi connectivity index (χ3n) is 2.98. The Morgan fingerprint density at radius 1 is 1.15 bits per heavy atom. The Kier molecular flexibility index (Phi) is 2.83. The number of hydrogen-bond donors (Lipinski definition) is 0. The number of para-hydroxylation sites is 1. The second kappa shape index (κ2) is 4.65. The van der Waals surface area contributed by atoms with Gasteiger partial charge in [0.05, 0.1) is 6.54 Å². The van der Waals surface area contributed by atoms with E-state index in [2.05, 4.69) is 11.7 Å². The van der Waals surface area contributed by atoms with Crippen molar-refractivity contribution in [3.63, 3.8) is 0 Å². The molecule has 20 heavy (non-hydrogen) atoms. The molecule has 0 radical (unpaired) electrons. The highest BCUT2D eigenvalue weighted by Gasteiger charge is 2.11. The molecule has 0 spiro atoms. The van der Waals surface area contributed by atoms with Crippen LogP contribution in [0.1, 0.15) is 0 Å². The Bertz CT molecular complexity index is 887. The van der Waals surface area contributed by atoms with Gasteiger partial charge in [-0.25, -0.2) is 13.9 Å². The molecule has 6 heteroatoms. The first-order valence-corrected chi connectivity index (χ1v) is 6.09. The Morgan fingerprint density at radius 2 is 1.90 bits per heavy atom. The van der Waals surface area contributed by atoms with Gasteiger partial charge in [-0.2, -0.15) is 0 Å². The summed E-state index contributed by atoms with van der Waals surface area (Å²) in [6, 6.07) is 9.19. The molecule has 0 saturated heterocycles. The monoisotopic (exact) mass is 268 g/mol. The molecular formula is C14H12N4O2. The van der Waals surface area contributed by atoms with Gasteiger partial charge in [-0.3, -0.25) is 9.36 Å². The third-order valence-corrected chi connectivity index (χ3v) is 2.98. The average Bonchev–Trinajstić information content (AvgIpc) is 2.79. The molecule has 0 amide bonds. The molecule has 0 fully saturated rings. The second-order valence-electron chi connectivity index (χ2n) is 4.26. The molecule has 0 aliphatic rings. The van der Waals surface area contributed by atoms with Crippen LogP contribution in [0.15, 0.2) is 65.0 Å². The van der Waals surface area contributed by atoms with E-state index in [0.717, 1.165) is 5.69 Å². The van der Waals surface area contributed by atoms with Gasteiger partial charge in [0.1, 0.15) is 0 Å². The van der Waals surface area contributed by atoms with Crippen molar-refractivity contribution in [2.45, 2.75) is 6.54 Å². The summed E-state index contributed by atoms with van der Waals surface area (Å²) in [6.07, 6.45) is 4.66. The van der Waals surface area contributed by atoms with Gasteiger partial charge >= 0.3 is 11.2 Å². The SMILES string of the molecule is C=CCn1nc2c(=O)n(-c3ccccc3)ccn2c1=O. The fraction of sp³-hybridized carbons (Fsp3) is 0.0714. The molecule has 6 nitrogen and oxygen atoms in total.